The quantitative estimate of drug-likeness (QED) is 0.809. The SMILES string of the molecule is COc1ccc(N2CC(C#N)OC2=O)cc1Cl. The predicted molar refractivity (Wildman–Crippen MR) is 61.2 cm³/mol. The van der Waals surface area contributed by atoms with E-state index in [2.05, 4.69) is 0 Å². The number of hydrogen-bond donors (Lipinski definition) is 0. The highest BCUT2D eigenvalue weighted by molar-refractivity contribution is 6.32. The third-order valence-electron chi connectivity index (χ3n) is 2.40. The minimum absolute atomic E-state index is 0.206. The molecule has 0 aromatic heterocycles. The minimum Gasteiger partial charge on any atom is -0.495 e. The lowest BCUT2D eigenvalue weighted by molar-refractivity contribution is 0.162. The summed E-state index contributed by atoms with van der Waals surface area (Å²) in [5, 5.41) is 9.09. The lowest BCUT2D eigenvalue weighted by Crippen LogP contribution is -2.24. The molecule has 6 heteroatoms. The van der Waals surface area contributed by atoms with Crippen molar-refractivity contribution in [1.29, 1.82) is 5.26 Å². The van der Waals surface area contributed by atoms with E-state index in [1.807, 2.05) is 6.07 Å². The van der Waals surface area contributed by atoms with E-state index in [4.69, 9.17) is 26.3 Å². The van der Waals surface area contributed by atoms with Gasteiger partial charge in [-0.2, -0.15) is 5.26 Å². The molecular weight excluding hydrogens is 244 g/mol. The summed E-state index contributed by atoms with van der Waals surface area (Å²) < 4.78 is 9.84. The van der Waals surface area contributed by atoms with Crippen LogP contribution in [0, 0.1) is 11.3 Å². The molecule has 1 amide bonds. The van der Waals surface area contributed by atoms with Crippen molar-refractivity contribution >= 4 is 23.4 Å². The Morgan fingerprint density at radius 1 is 1.65 bits per heavy atom. The number of nitriles is 1. The summed E-state index contributed by atoms with van der Waals surface area (Å²) in [6.45, 7) is 0.206. The average Bonchev–Trinajstić information content (AvgIpc) is 2.70. The maximum Gasteiger partial charge on any atom is 0.415 e. The number of nitrogens with zero attached hydrogens (tertiary/aromatic N) is 2. The molecular formula is C11H9ClN2O3. The van der Waals surface area contributed by atoms with E-state index in [9.17, 15) is 4.79 Å². The van der Waals surface area contributed by atoms with Gasteiger partial charge in [-0.15, -0.1) is 0 Å². The molecule has 0 aliphatic carbocycles. The van der Waals surface area contributed by atoms with Crippen LogP contribution in [0.25, 0.3) is 0 Å². The molecule has 2 rings (SSSR count). The average molecular weight is 253 g/mol. The summed E-state index contributed by atoms with van der Waals surface area (Å²) in [7, 11) is 1.51. The Bertz CT molecular complexity index is 498. The fourth-order valence-electron chi connectivity index (χ4n) is 1.56. The highest BCUT2D eigenvalue weighted by atomic mass is 35.5. The van der Waals surface area contributed by atoms with Gasteiger partial charge in [0.15, 0.2) is 0 Å². The number of hydrogen-bond acceptors (Lipinski definition) is 4. The van der Waals surface area contributed by atoms with Crippen LogP contribution in [0.1, 0.15) is 0 Å². The van der Waals surface area contributed by atoms with Gasteiger partial charge in [0, 0.05) is 5.69 Å². The topological polar surface area (TPSA) is 62.6 Å². The first kappa shape index (κ1) is 11.6. The number of carbonyl (C=O) groups is 1. The fourth-order valence-corrected chi connectivity index (χ4v) is 1.82. The van der Waals surface area contributed by atoms with Crippen LogP contribution in [0.2, 0.25) is 5.02 Å². The molecule has 1 atom stereocenters. The Kier molecular flexibility index (Phi) is 3.07. The molecule has 88 valence electrons. The van der Waals surface area contributed by atoms with Crippen LogP contribution >= 0.6 is 11.6 Å². The molecule has 0 radical (unpaired) electrons. The fraction of sp³-hybridized carbons (Fsp3) is 0.273. The molecule has 1 saturated heterocycles. The summed E-state index contributed by atoms with van der Waals surface area (Å²) in [5.74, 6) is 0.528. The van der Waals surface area contributed by atoms with Crippen LogP contribution in [-0.2, 0) is 4.74 Å². The predicted octanol–water partition coefficient (Wildman–Crippen LogP) is 2.20. The first-order valence-electron chi connectivity index (χ1n) is 4.87. The number of amides is 1. The van der Waals surface area contributed by atoms with E-state index < -0.39 is 12.2 Å². The maximum atomic E-state index is 11.5. The van der Waals surface area contributed by atoms with Gasteiger partial charge in [0.25, 0.3) is 0 Å². The van der Waals surface area contributed by atoms with Gasteiger partial charge in [-0.3, -0.25) is 4.90 Å². The van der Waals surface area contributed by atoms with E-state index in [-0.39, 0.29) is 6.54 Å². The lowest BCUT2D eigenvalue weighted by Gasteiger charge is -2.13. The van der Waals surface area contributed by atoms with E-state index in [1.54, 1.807) is 18.2 Å². The summed E-state index contributed by atoms with van der Waals surface area (Å²) in [4.78, 5) is 12.8. The Morgan fingerprint density at radius 3 is 2.94 bits per heavy atom. The van der Waals surface area contributed by atoms with E-state index in [0.29, 0.717) is 16.5 Å². The van der Waals surface area contributed by atoms with Gasteiger partial charge in [-0.1, -0.05) is 11.6 Å². The Morgan fingerprint density at radius 2 is 2.41 bits per heavy atom. The molecule has 1 unspecified atom stereocenters. The van der Waals surface area contributed by atoms with Gasteiger partial charge in [0.1, 0.15) is 11.8 Å². The number of cyclic esters (lactones) is 1. The minimum atomic E-state index is -0.733. The Labute approximate surface area is 103 Å². The van der Waals surface area contributed by atoms with Crippen molar-refractivity contribution in [2.24, 2.45) is 0 Å². The number of benzene rings is 1. The zero-order valence-corrected chi connectivity index (χ0v) is 9.77. The molecule has 1 fully saturated rings. The zero-order chi connectivity index (χ0) is 12.4. The number of ether oxygens (including phenoxy) is 2. The Balaban J connectivity index is 2.27. The van der Waals surface area contributed by atoms with Crippen molar-refractivity contribution in [3.8, 4) is 11.8 Å². The molecule has 1 heterocycles. The monoisotopic (exact) mass is 252 g/mol. The molecule has 0 saturated carbocycles. The number of carbonyl (C=O) groups excluding carboxylic acids is 1. The van der Waals surface area contributed by atoms with Crippen LogP contribution in [0.4, 0.5) is 10.5 Å². The molecule has 1 aromatic rings. The van der Waals surface area contributed by atoms with E-state index in [1.165, 1.54) is 12.0 Å². The van der Waals surface area contributed by atoms with Crippen molar-refractivity contribution in [3.63, 3.8) is 0 Å². The van der Waals surface area contributed by atoms with Crippen molar-refractivity contribution in [2.75, 3.05) is 18.6 Å². The molecule has 1 aliphatic rings. The van der Waals surface area contributed by atoms with Crippen molar-refractivity contribution in [3.05, 3.63) is 23.2 Å². The summed E-state index contributed by atoms with van der Waals surface area (Å²) in [6.07, 6.45) is -1.28. The molecule has 0 spiro atoms. The molecule has 1 aliphatic heterocycles. The first-order chi connectivity index (χ1) is 8.15. The summed E-state index contributed by atoms with van der Waals surface area (Å²) in [5.41, 5.74) is 0.582. The number of halogens is 1. The van der Waals surface area contributed by atoms with Gasteiger partial charge in [-0.25, -0.2) is 4.79 Å². The highest BCUT2D eigenvalue weighted by Crippen LogP contribution is 2.30. The van der Waals surface area contributed by atoms with Crippen molar-refractivity contribution in [1.82, 2.24) is 0 Å². The number of methoxy groups -OCH3 is 1. The standard InChI is InChI=1S/C11H9ClN2O3/c1-16-10-3-2-7(4-9(10)12)14-6-8(5-13)17-11(14)15/h2-4,8H,6H2,1H3. The van der Waals surface area contributed by atoms with Crippen molar-refractivity contribution in [2.45, 2.75) is 6.10 Å². The number of anilines is 1. The van der Waals surface area contributed by atoms with E-state index in [0.717, 1.165) is 0 Å². The van der Waals surface area contributed by atoms with Gasteiger partial charge < -0.3 is 9.47 Å². The van der Waals surface area contributed by atoms with Gasteiger partial charge >= 0.3 is 6.09 Å². The van der Waals surface area contributed by atoms with E-state index >= 15 is 0 Å². The third-order valence-corrected chi connectivity index (χ3v) is 2.70. The largest absolute Gasteiger partial charge is 0.495 e. The van der Waals surface area contributed by atoms with Crippen LogP contribution in [0.3, 0.4) is 0 Å². The van der Waals surface area contributed by atoms with Crippen molar-refractivity contribution < 1.29 is 14.3 Å². The highest BCUT2D eigenvalue weighted by Gasteiger charge is 2.32. The molecule has 5 nitrogen and oxygen atoms in total. The maximum absolute atomic E-state index is 11.5. The molecule has 0 N–H and O–H groups in total. The molecule has 1 aromatic carbocycles. The summed E-state index contributed by atoms with van der Waals surface area (Å²) in [6, 6.07) is 6.83. The zero-order valence-electron chi connectivity index (χ0n) is 9.01. The second kappa shape index (κ2) is 4.52. The Hall–Kier alpha value is -1.93. The molecule has 0 bridgehead atoms. The first-order valence-corrected chi connectivity index (χ1v) is 5.25. The van der Waals surface area contributed by atoms with Crippen LogP contribution < -0.4 is 9.64 Å². The van der Waals surface area contributed by atoms with Crippen LogP contribution in [0.5, 0.6) is 5.75 Å². The number of rotatable bonds is 2. The van der Waals surface area contributed by atoms with Gasteiger partial charge in [0.2, 0.25) is 6.10 Å². The van der Waals surface area contributed by atoms with Gasteiger partial charge in [0.05, 0.1) is 18.7 Å². The molecule has 17 heavy (non-hydrogen) atoms. The smallest absolute Gasteiger partial charge is 0.415 e. The normalized spacial score (nSPS) is 18.8. The lowest BCUT2D eigenvalue weighted by atomic mass is 10.2. The summed E-state index contributed by atoms with van der Waals surface area (Å²) >= 11 is 5.96. The van der Waals surface area contributed by atoms with Gasteiger partial charge in [-0.05, 0) is 18.2 Å². The second-order valence-electron chi connectivity index (χ2n) is 3.43. The van der Waals surface area contributed by atoms with Crippen LogP contribution in [0.15, 0.2) is 18.2 Å². The van der Waals surface area contributed by atoms with Crippen LogP contribution in [-0.4, -0.2) is 25.9 Å². The second-order valence-corrected chi connectivity index (χ2v) is 3.84. The third kappa shape index (κ3) is 2.12.